The van der Waals surface area contributed by atoms with Crippen LogP contribution in [0.25, 0.3) is 16.6 Å². The molecule has 0 aliphatic rings. The lowest BCUT2D eigenvalue weighted by Gasteiger charge is -2.12. The first-order chi connectivity index (χ1) is 11.0. The summed E-state index contributed by atoms with van der Waals surface area (Å²) in [6.45, 7) is 8.87. The molecule has 0 fully saturated rings. The number of aryl methyl sites for hydroxylation is 2. The summed E-state index contributed by atoms with van der Waals surface area (Å²) in [6, 6.07) is 7.96. The van der Waals surface area contributed by atoms with Crippen LogP contribution < -0.4 is 5.56 Å². The van der Waals surface area contributed by atoms with Gasteiger partial charge in [0.1, 0.15) is 5.52 Å². The first-order valence-corrected chi connectivity index (χ1v) is 8.09. The zero-order valence-corrected chi connectivity index (χ0v) is 14.1. The minimum absolute atomic E-state index is 0.0768. The van der Waals surface area contributed by atoms with Crippen molar-refractivity contribution in [3.63, 3.8) is 0 Å². The molecule has 0 aliphatic carbocycles. The van der Waals surface area contributed by atoms with Gasteiger partial charge in [-0.25, -0.2) is 9.36 Å². The fourth-order valence-corrected chi connectivity index (χ4v) is 2.87. The predicted molar refractivity (Wildman–Crippen MR) is 92.2 cm³/mol. The number of nitrogens with zero attached hydrogens (tertiary/aromatic N) is 4. The average molecular weight is 310 g/mol. The molecule has 0 N–H and O–H groups in total. The second-order valence-electron chi connectivity index (χ2n) is 6.17. The van der Waals surface area contributed by atoms with Gasteiger partial charge in [0.05, 0.1) is 17.6 Å². The van der Waals surface area contributed by atoms with Crippen LogP contribution in [0.15, 0.2) is 35.3 Å². The molecule has 3 rings (SSSR count). The van der Waals surface area contributed by atoms with Crippen LogP contribution in [0.4, 0.5) is 0 Å². The average Bonchev–Trinajstić information content (AvgIpc) is 2.95. The lowest BCUT2D eigenvalue weighted by atomic mass is 10.1. The minimum atomic E-state index is -0.0768. The van der Waals surface area contributed by atoms with Crippen LogP contribution in [0.1, 0.15) is 44.4 Å². The van der Waals surface area contributed by atoms with Crippen LogP contribution >= 0.6 is 0 Å². The van der Waals surface area contributed by atoms with Gasteiger partial charge in [-0.2, -0.15) is 10.2 Å². The van der Waals surface area contributed by atoms with Gasteiger partial charge in [0.25, 0.3) is 5.56 Å². The molecule has 5 heteroatoms. The Morgan fingerprint density at radius 3 is 2.61 bits per heavy atom. The van der Waals surface area contributed by atoms with Crippen molar-refractivity contribution in [2.75, 3.05) is 0 Å². The van der Waals surface area contributed by atoms with Gasteiger partial charge in [-0.05, 0) is 30.9 Å². The summed E-state index contributed by atoms with van der Waals surface area (Å²) < 4.78 is 3.33. The predicted octanol–water partition coefficient (Wildman–Crippen LogP) is 3.42. The van der Waals surface area contributed by atoms with Crippen molar-refractivity contribution in [1.82, 2.24) is 19.6 Å². The Labute approximate surface area is 135 Å². The third kappa shape index (κ3) is 2.56. The Hall–Kier alpha value is -2.43. The van der Waals surface area contributed by atoms with Crippen molar-refractivity contribution in [3.8, 4) is 5.69 Å². The minimum Gasteiger partial charge on any atom is -0.265 e. The van der Waals surface area contributed by atoms with Crippen LogP contribution in [0, 0.1) is 6.92 Å². The Morgan fingerprint density at radius 1 is 1.22 bits per heavy atom. The quantitative estimate of drug-likeness (QED) is 0.742. The number of hydrogen-bond donors (Lipinski definition) is 0. The molecule has 3 aromatic rings. The molecule has 1 aromatic carbocycles. The van der Waals surface area contributed by atoms with Gasteiger partial charge in [0, 0.05) is 11.9 Å². The lowest BCUT2D eigenvalue weighted by Crippen LogP contribution is -2.26. The highest BCUT2D eigenvalue weighted by Crippen LogP contribution is 2.24. The molecule has 2 heterocycles. The molecule has 0 saturated carbocycles. The van der Waals surface area contributed by atoms with Gasteiger partial charge in [-0.15, -0.1) is 0 Å². The molecule has 5 nitrogen and oxygen atoms in total. The maximum atomic E-state index is 12.9. The van der Waals surface area contributed by atoms with Crippen molar-refractivity contribution in [2.24, 2.45) is 0 Å². The molecule has 0 saturated heterocycles. The number of hydrogen-bond acceptors (Lipinski definition) is 3. The Bertz CT molecular complexity index is 905. The summed E-state index contributed by atoms with van der Waals surface area (Å²) in [4.78, 5) is 12.9. The normalized spacial score (nSPS) is 11.5. The molecule has 0 amide bonds. The lowest BCUT2D eigenvalue weighted by molar-refractivity contribution is 0.553. The molecule has 0 aliphatic heterocycles. The van der Waals surface area contributed by atoms with Crippen molar-refractivity contribution >= 4 is 10.9 Å². The molecule has 23 heavy (non-hydrogen) atoms. The van der Waals surface area contributed by atoms with Gasteiger partial charge >= 0.3 is 0 Å². The van der Waals surface area contributed by atoms with Crippen molar-refractivity contribution in [2.45, 2.75) is 46.6 Å². The summed E-state index contributed by atoms with van der Waals surface area (Å²) in [7, 11) is 0. The highest BCUT2D eigenvalue weighted by atomic mass is 16.1. The van der Waals surface area contributed by atoms with Crippen molar-refractivity contribution < 1.29 is 0 Å². The second kappa shape index (κ2) is 5.99. The summed E-state index contributed by atoms with van der Waals surface area (Å²) in [6.07, 6.45) is 2.64. The van der Waals surface area contributed by atoms with Gasteiger partial charge in [0.15, 0.2) is 0 Å². The van der Waals surface area contributed by atoms with E-state index >= 15 is 0 Å². The fourth-order valence-electron chi connectivity index (χ4n) is 2.87. The van der Waals surface area contributed by atoms with Gasteiger partial charge < -0.3 is 0 Å². The highest BCUT2D eigenvalue weighted by Gasteiger charge is 2.18. The Balaban J connectivity index is 2.38. The summed E-state index contributed by atoms with van der Waals surface area (Å²) in [5.41, 5.74) is 3.48. The van der Waals surface area contributed by atoms with E-state index in [1.165, 1.54) is 0 Å². The van der Waals surface area contributed by atoms with E-state index in [9.17, 15) is 4.79 Å². The van der Waals surface area contributed by atoms with Crippen LogP contribution in [-0.2, 0) is 6.54 Å². The second-order valence-corrected chi connectivity index (χ2v) is 6.17. The SMILES string of the molecule is CCCn1nc(C(C)C)c2cnn(-c3ccccc3C)c2c1=O. The molecule has 0 unspecified atom stereocenters. The van der Waals surface area contributed by atoms with Crippen LogP contribution in [0.5, 0.6) is 0 Å². The van der Waals surface area contributed by atoms with Gasteiger partial charge in [0.2, 0.25) is 0 Å². The number of benzene rings is 1. The molecule has 2 aromatic heterocycles. The molecule has 0 atom stereocenters. The van der Waals surface area contributed by atoms with Crippen LogP contribution in [-0.4, -0.2) is 19.6 Å². The van der Waals surface area contributed by atoms with E-state index in [4.69, 9.17) is 0 Å². The smallest absolute Gasteiger partial charge is 0.265 e. The maximum Gasteiger partial charge on any atom is 0.293 e. The van der Waals surface area contributed by atoms with E-state index in [-0.39, 0.29) is 11.5 Å². The molecular formula is C18H22N4O. The topological polar surface area (TPSA) is 52.7 Å². The summed E-state index contributed by atoms with van der Waals surface area (Å²) >= 11 is 0. The monoisotopic (exact) mass is 310 g/mol. The van der Waals surface area contributed by atoms with E-state index in [2.05, 4.69) is 24.0 Å². The fraction of sp³-hybridized carbons (Fsp3) is 0.389. The van der Waals surface area contributed by atoms with E-state index < -0.39 is 0 Å². The zero-order valence-electron chi connectivity index (χ0n) is 14.1. The number of aromatic nitrogens is 4. The molecule has 0 bridgehead atoms. The zero-order chi connectivity index (χ0) is 16.6. The van der Waals surface area contributed by atoms with E-state index in [1.54, 1.807) is 15.6 Å². The van der Waals surface area contributed by atoms with Crippen molar-refractivity contribution in [1.29, 1.82) is 0 Å². The first-order valence-electron chi connectivity index (χ1n) is 8.09. The summed E-state index contributed by atoms with van der Waals surface area (Å²) in [5, 5.41) is 9.91. The molecule has 120 valence electrons. The Morgan fingerprint density at radius 2 is 1.96 bits per heavy atom. The third-order valence-electron chi connectivity index (χ3n) is 4.04. The van der Waals surface area contributed by atoms with E-state index in [1.807, 2.05) is 38.1 Å². The molecule has 0 radical (unpaired) electrons. The number of rotatable bonds is 4. The largest absolute Gasteiger partial charge is 0.293 e. The van der Waals surface area contributed by atoms with Crippen LogP contribution in [0.3, 0.4) is 0 Å². The highest BCUT2D eigenvalue weighted by molar-refractivity contribution is 5.82. The molecule has 0 spiro atoms. The third-order valence-corrected chi connectivity index (χ3v) is 4.04. The van der Waals surface area contributed by atoms with Crippen LogP contribution in [0.2, 0.25) is 0 Å². The van der Waals surface area contributed by atoms with Crippen molar-refractivity contribution in [3.05, 3.63) is 52.1 Å². The van der Waals surface area contributed by atoms with Gasteiger partial charge in [-0.3, -0.25) is 4.79 Å². The number of fused-ring (bicyclic) bond motifs is 1. The standard InChI is InChI=1S/C18H22N4O/c1-5-10-21-18(23)17-14(16(20-21)12(2)3)11-19-22(17)15-9-7-6-8-13(15)4/h6-9,11-12H,5,10H2,1-4H3. The number of para-hydroxylation sites is 1. The Kier molecular flexibility index (Phi) is 4.03. The first kappa shape index (κ1) is 15.5. The van der Waals surface area contributed by atoms with E-state index in [0.29, 0.717) is 12.1 Å². The maximum absolute atomic E-state index is 12.9. The summed E-state index contributed by atoms with van der Waals surface area (Å²) in [5.74, 6) is 0.232. The molecular weight excluding hydrogens is 288 g/mol. The van der Waals surface area contributed by atoms with Gasteiger partial charge in [-0.1, -0.05) is 39.0 Å². The van der Waals surface area contributed by atoms with E-state index in [0.717, 1.165) is 28.8 Å².